The fourth-order valence-electron chi connectivity index (χ4n) is 0.662. The normalized spacial score (nSPS) is 12.9. The molecule has 1 atom stereocenters. The van der Waals surface area contributed by atoms with Crippen LogP contribution in [-0.2, 0) is 11.2 Å². The van der Waals surface area contributed by atoms with Crippen molar-refractivity contribution in [1.29, 1.82) is 0 Å². The van der Waals surface area contributed by atoms with E-state index in [4.69, 9.17) is 5.73 Å². The molecule has 2 N–H and O–H groups in total. The van der Waals surface area contributed by atoms with Gasteiger partial charge in [-0.3, -0.25) is 9.78 Å². The summed E-state index contributed by atoms with van der Waals surface area (Å²) in [6, 6.07) is -0.364. The van der Waals surface area contributed by atoms with Crippen LogP contribution in [0.25, 0.3) is 0 Å². The van der Waals surface area contributed by atoms with Crippen LogP contribution in [0, 0.1) is 0 Å². The lowest BCUT2D eigenvalue weighted by atomic mass is 10.1. The highest BCUT2D eigenvalue weighted by Gasteiger charge is 2.08. The second-order valence-corrected chi connectivity index (χ2v) is 3.37. The van der Waals surface area contributed by atoms with E-state index in [-0.39, 0.29) is 11.8 Å². The molecule has 1 heterocycles. The third kappa shape index (κ3) is 2.40. The number of Topliss-reactive ketones (excluding diaryl/α,β-unsaturated/α-hetero) is 1. The van der Waals surface area contributed by atoms with Crippen molar-refractivity contribution in [1.82, 2.24) is 4.98 Å². The van der Waals surface area contributed by atoms with E-state index < -0.39 is 0 Å². The van der Waals surface area contributed by atoms with E-state index in [9.17, 15) is 4.79 Å². The van der Waals surface area contributed by atoms with E-state index in [1.54, 1.807) is 18.6 Å². The first kappa shape index (κ1) is 8.36. The summed E-state index contributed by atoms with van der Waals surface area (Å²) in [6.45, 7) is 1.70. The van der Waals surface area contributed by atoms with Crippen molar-refractivity contribution in [3.63, 3.8) is 0 Å². The van der Waals surface area contributed by atoms with E-state index in [0.29, 0.717) is 6.42 Å². The number of carbonyl (C=O) groups excluding carboxylic acids is 1. The molecule has 0 saturated heterocycles. The Hall–Kier alpha value is -0.740. The zero-order valence-corrected chi connectivity index (χ0v) is 7.10. The van der Waals surface area contributed by atoms with E-state index in [0.717, 1.165) is 4.88 Å². The quantitative estimate of drug-likeness (QED) is 0.722. The molecular formula is C7H10N2OS. The molecule has 1 unspecified atom stereocenters. The molecule has 0 aliphatic carbocycles. The summed E-state index contributed by atoms with van der Waals surface area (Å²) in [7, 11) is 0. The molecule has 11 heavy (non-hydrogen) atoms. The molecule has 0 saturated carbocycles. The molecular weight excluding hydrogens is 160 g/mol. The van der Waals surface area contributed by atoms with Crippen LogP contribution >= 0.6 is 11.3 Å². The van der Waals surface area contributed by atoms with Gasteiger partial charge in [-0.05, 0) is 6.92 Å². The summed E-state index contributed by atoms with van der Waals surface area (Å²) in [5.41, 5.74) is 7.10. The largest absolute Gasteiger partial charge is 0.322 e. The number of hydrogen-bond donors (Lipinski definition) is 1. The van der Waals surface area contributed by atoms with Crippen molar-refractivity contribution in [2.45, 2.75) is 19.4 Å². The van der Waals surface area contributed by atoms with Crippen LogP contribution in [0.2, 0.25) is 0 Å². The Morgan fingerprint density at radius 3 is 3.09 bits per heavy atom. The minimum Gasteiger partial charge on any atom is -0.322 e. The average Bonchev–Trinajstić information content (AvgIpc) is 2.39. The number of rotatable bonds is 3. The summed E-state index contributed by atoms with van der Waals surface area (Å²) in [6.07, 6.45) is 2.12. The van der Waals surface area contributed by atoms with Crippen molar-refractivity contribution < 1.29 is 4.79 Å². The van der Waals surface area contributed by atoms with Crippen LogP contribution in [-0.4, -0.2) is 16.8 Å². The number of nitrogens with two attached hydrogens (primary N) is 1. The molecule has 0 bridgehead atoms. The van der Waals surface area contributed by atoms with Gasteiger partial charge in [0.25, 0.3) is 0 Å². The summed E-state index contributed by atoms with van der Waals surface area (Å²) >= 11 is 1.48. The van der Waals surface area contributed by atoms with Crippen molar-refractivity contribution in [2.75, 3.05) is 0 Å². The first-order valence-corrected chi connectivity index (χ1v) is 4.24. The minimum atomic E-state index is -0.364. The van der Waals surface area contributed by atoms with Gasteiger partial charge in [-0.25, -0.2) is 0 Å². The number of hydrogen-bond acceptors (Lipinski definition) is 4. The predicted molar refractivity (Wildman–Crippen MR) is 44.5 cm³/mol. The van der Waals surface area contributed by atoms with E-state index in [1.807, 2.05) is 0 Å². The van der Waals surface area contributed by atoms with E-state index in [1.165, 1.54) is 11.3 Å². The number of aromatic nitrogens is 1. The molecule has 4 heteroatoms. The minimum absolute atomic E-state index is 0.0641. The Morgan fingerprint density at radius 2 is 2.64 bits per heavy atom. The second-order valence-electron chi connectivity index (χ2n) is 2.40. The first-order valence-electron chi connectivity index (χ1n) is 3.36. The highest BCUT2D eigenvalue weighted by molar-refractivity contribution is 7.09. The van der Waals surface area contributed by atoms with Gasteiger partial charge in [-0.1, -0.05) is 0 Å². The van der Waals surface area contributed by atoms with E-state index in [2.05, 4.69) is 4.98 Å². The Balaban J connectivity index is 2.50. The Labute approximate surface area is 69.3 Å². The summed E-state index contributed by atoms with van der Waals surface area (Å²) in [5.74, 6) is 0.0641. The summed E-state index contributed by atoms with van der Waals surface area (Å²) < 4.78 is 0. The van der Waals surface area contributed by atoms with E-state index >= 15 is 0 Å². The van der Waals surface area contributed by atoms with Gasteiger partial charge in [0.2, 0.25) is 0 Å². The molecule has 1 rings (SSSR count). The standard InChI is InChI=1S/C7H10N2OS/c1-5(8)7(10)2-6-3-9-4-11-6/h3-5H,2,8H2,1H3. The molecule has 3 nitrogen and oxygen atoms in total. The maximum absolute atomic E-state index is 11.1. The van der Waals surface area contributed by atoms with Gasteiger partial charge in [0.15, 0.2) is 5.78 Å². The van der Waals surface area contributed by atoms with Gasteiger partial charge in [0.1, 0.15) is 0 Å². The SMILES string of the molecule is CC(N)C(=O)Cc1cncs1. The van der Waals surface area contributed by atoms with Crippen molar-refractivity contribution >= 4 is 17.1 Å². The van der Waals surface area contributed by atoms with Crippen LogP contribution in [0.4, 0.5) is 0 Å². The zero-order chi connectivity index (χ0) is 8.27. The first-order chi connectivity index (χ1) is 5.20. The fraction of sp³-hybridized carbons (Fsp3) is 0.429. The molecule has 0 spiro atoms. The van der Waals surface area contributed by atoms with Crippen LogP contribution in [0.5, 0.6) is 0 Å². The molecule has 0 radical (unpaired) electrons. The molecule has 0 aliphatic rings. The fourth-order valence-corrected chi connectivity index (χ4v) is 1.27. The number of nitrogens with zero attached hydrogens (tertiary/aromatic N) is 1. The topological polar surface area (TPSA) is 56.0 Å². The van der Waals surface area contributed by atoms with Crippen molar-refractivity contribution in [3.05, 3.63) is 16.6 Å². The highest BCUT2D eigenvalue weighted by atomic mass is 32.1. The third-order valence-corrected chi connectivity index (χ3v) is 2.12. The van der Waals surface area contributed by atoms with Crippen molar-refractivity contribution in [3.8, 4) is 0 Å². The van der Waals surface area contributed by atoms with Gasteiger partial charge in [-0.2, -0.15) is 0 Å². The number of ketones is 1. The number of thiazole rings is 1. The summed E-state index contributed by atoms with van der Waals surface area (Å²) in [4.78, 5) is 15.9. The molecule has 1 aromatic heterocycles. The molecule has 0 aliphatic heterocycles. The van der Waals surface area contributed by atoms with Crippen molar-refractivity contribution in [2.24, 2.45) is 5.73 Å². The monoisotopic (exact) mass is 170 g/mol. The van der Waals surface area contributed by atoms with Crippen LogP contribution < -0.4 is 5.73 Å². The average molecular weight is 170 g/mol. The van der Waals surface area contributed by atoms with Gasteiger partial charge >= 0.3 is 0 Å². The molecule has 0 fully saturated rings. The summed E-state index contributed by atoms with van der Waals surface area (Å²) in [5, 5.41) is 0. The lowest BCUT2D eigenvalue weighted by Crippen LogP contribution is -2.27. The zero-order valence-electron chi connectivity index (χ0n) is 6.28. The lowest BCUT2D eigenvalue weighted by molar-refractivity contribution is -0.119. The van der Waals surface area contributed by atoms with Crippen LogP contribution in [0.15, 0.2) is 11.7 Å². The molecule has 0 amide bonds. The van der Waals surface area contributed by atoms with Crippen LogP contribution in [0.1, 0.15) is 11.8 Å². The highest BCUT2D eigenvalue weighted by Crippen LogP contribution is 2.06. The van der Waals surface area contributed by atoms with Gasteiger partial charge in [0.05, 0.1) is 11.6 Å². The Bertz CT molecular complexity index is 231. The second kappa shape index (κ2) is 3.59. The Kier molecular flexibility index (Phi) is 2.73. The third-order valence-electron chi connectivity index (χ3n) is 1.34. The molecule has 1 aromatic rings. The smallest absolute Gasteiger partial charge is 0.154 e. The lowest BCUT2D eigenvalue weighted by Gasteiger charge is -2.00. The van der Waals surface area contributed by atoms with Gasteiger partial charge < -0.3 is 5.73 Å². The maximum Gasteiger partial charge on any atom is 0.154 e. The number of carbonyl (C=O) groups is 1. The molecule has 0 aromatic carbocycles. The van der Waals surface area contributed by atoms with Gasteiger partial charge in [-0.15, -0.1) is 11.3 Å². The maximum atomic E-state index is 11.1. The van der Waals surface area contributed by atoms with Gasteiger partial charge in [0, 0.05) is 17.5 Å². The van der Waals surface area contributed by atoms with Crippen LogP contribution in [0.3, 0.4) is 0 Å². The predicted octanol–water partition coefficient (Wildman–Crippen LogP) is 0.602. The molecule has 60 valence electrons. The Morgan fingerprint density at radius 1 is 1.91 bits per heavy atom.